The van der Waals surface area contributed by atoms with E-state index in [0.717, 1.165) is 6.42 Å². The van der Waals surface area contributed by atoms with Gasteiger partial charge in [-0.15, -0.1) is 0 Å². The van der Waals surface area contributed by atoms with Crippen molar-refractivity contribution in [2.24, 2.45) is 0 Å². The number of carbonyl (C=O) groups is 1. The van der Waals surface area contributed by atoms with Crippen LogP contribution in [0.15, 0.2) is 12.1 Å². The lowest BCUT2D eigenvalue weighted by atomic mass is 10.0. The molecule has 0 spiro atoms. The number of hydrogen-bond donors (Lipinski definition) is 0. The van der Waals surface area contributed by atoms with E-state index in [2.05, 4.69) is 11.8 Å². The second kappa shape index (κ2) is 7.42. The van der Waals surface area contributed by atoms with Crippen LogP contribution >= 0.6 is 0 Å². The van der Waals surface area contributed by atoms with E-state index in [1.54, 1.807) is 13.0 Å². The van der Waals surface area contributed by atoms with Crippen LogP contribution in [0, 0.1) is 17.7 Å². The fourth-order valence-electron chi connectivity index (χ4n) is 1.65. The van der Waals surface area contributed by atoms with E-state index in [-0.39, 0.29) is 12.4 Å². The van der Waals surface area contributed by atoms with Crippen molar-refractivity contribution in [1.82, 2.24) is 0 Å². The van der Waals surface area contributed by atoms with Gasteiger partial charge in [0.25, 0.3) is 0 Å². The maximum absolute atomic E-state index is 14.1. The topological polar surface area (TPSA) is 35.5 Å². The molecule has 0 aliphatic heterocycles. The Balaban J connectivity index is 3.13. The SMILES string of the molecule is CCCc1c(C#CC(=O)OCC)ccc(OC)c1F. The normalized spacial score (nSPS) is 9.47. The zero-order valence-electron chi connectivity index (χ0n) is 11.4. The highest BCUT2D eigenvalue weighted by molar-refractivity contribution is 5.89. The number of benzene rings is 1. The van der Waals surface area contributed by atoms with Gasteiger partial charge in [0.2, 0.25) is 0 Å². The highest BCUT2D eigenvalue weighted by atomic mass is 19.1. The quantitative estimate of drug-likeness (QED) is 0.619. The van der Waals surface area contributed by atoms with Crippen LogP contribution in [0.5, 0.6) is 5.75 Å². The number of carbonyl (C=O) groups excluding carboxylic acids is 1. The molecule has 0 N–H and O–H groups in total. The van der Waals surface area contributed by atoms with E-state index in [4.69, 9.17) is 9.47 Å². The Kier molecular flexibility index (Phi) is 5.87. The third-order valence-electron chi connectivity index (χ3n) is 2.50. The Morgan fingerprint density at radius 2 is 2.11 bits per heavy atom. The van der Waals surface area contributed by atoms with Crippen LogP contribution in [-0.2, 0) is 16.0 Å². The first-order valence-electron chi connectivity index (χ1n) is 6.18. The molecule has 1 aromatic rings. The lowest BCUT2D eigenvalue weighted by Gasteiger charge is -2.09. The Hall–Kier alpha value is -2.02. The summed E-state index contributed by atoms with van der Waals surface area (Å²) in [6.45, 7) is 3.92. The predicted molar refractivity (Wildman–Crippen MR) is 70.5 cm³/mol. The molecule has 0 amide bonds. The Morgan fingerprint density at radius 1 is 1.37 bits per heavy atom. The highest BCUT2D eigenvalue weighted by Crippen LogP contribution is 2.24. The minimum absolute atomic E-state index is 0.185. The first-order chi connectivity index (χ1) is 9.13. The van der Waals surface area contributed by atoms with Crippen LogP contribution in [0.25, 0.3) is 0 Å². The molecule has 102 valence electrons. The number of esters is 1. The van der Waals surface area contributed by atoms with E-state index < -0.39 is 11.8 Å². The second-order valence-electron chi connectivity index (χ2n) is 3.83. The van der Waals surface area contributed by atoms with E-state index in [1.165, 1.54) is 13.2 Å². The molecule has 0 unspecified atom stereocenters. The largest absolute Gasteiger partial charge is 0.494 e. The zero-order valence-corrected chi connectivity index (χ0v) is 11.4. The summed E-state index contributed by atoms with van der Waals surface area (Å²) >= 11 is 0. The zero-order chi connectivity index (χ0) is 14.3. The first-order valence-corrected chi connectivity index (χ1v) is 6.18. The van der Waals surface area contributed by atoms with Gasteiger partial charge in [0.05, 0.1) is 13.7 Å². The van der Waals surface area contributed by atoms with Crippen molar-refractivity contribution in [1.29, 1.82) is 0 Å². The molecular formula is C15H17FO3. The number of hydrogen-bond acceptors (Lipinski definition) is 3. The summed E-state index contributed by atoms with van der Waals surface area (Å²) in [6.07, 6.45) is 1.31. The smallest absolute Gasteiger partial charge is 0.384 e. The molecule has 0 atom stereocenters. The van der Waals surface area contributed by atoms with Crippen molar-refractivity contribution >= 4 is 5.97 Å². The van der Waals surface area contributed by atoms with Crippen LogP contribution in [0.4, 0.5) is 4.39 Å². The summed E-state index contributed by atoms with van der Waals surface area (Å²) in [6, 6.07) is 3.16. The summed E-state index contributed by atoms with van der Waals surface area (Å²) in [5, 5.41) is 0. The molecule has 3 nitrogen and oxygen atoms in total. The molecule has 0 bridgehead atoms. The van der Waals surface area contributed by atoms with Crippen LogP contribution in [0.1, 0.15) is 31.4 Å². The van der Waals surface area contributed by atoms with Gasteiger partial charge < -0.3 is 9.47 Å². The summed E-state index contributed by atoms with van der Waals surface area (Å²) in [4.78, 5) is 11.2. The molecule has 0 fully saturated rings. The number of ether oxygens (including phenoxy) is 2. The van der Waals surface area contributed by atoms with Crippen molar-refractivity contribution in [2.45, 2.75) is 26.7 Å². The van der Waals surface area contributed by atoms with Gasteiger partial charge in [0, 0.05) is 17.0 Å². The molecule has 0 radical (unpaired) electrons. The standard InChI is InChI=1S/C15H17FO3/c1-4-6-12-11(8-10-14(17)19-5-2)7-9-13(18-3)15(12)16/h7,9H,4-6H2,1-3H3. The van der Waals surface area contributed by atoms with Crippen molar-refractivity contribution < 1.29 is 18.7 Å². The number of rotatable bonds is 4. The van der Waals surface area contributed by atoms with E-state index >= 15 is 0 Å². The van der Waals surface area contributed by atoms with E-state index in [0.29, 0.717) is 17.5 Å². The lowest BCUT2D eigenvalue weighted by molar-refractivity contribution is -0.136. The molecule has 0 aliphatic rings. The van der Waals surface area contributed by atoms with Crippen molar-refractivity contribution in [2.75, 3.05) is 13.7 Å². The fraction of sp³-hybridized carbons (Fsp3) is 0.400. The second-order valence-corrected chi connectivity index (χ2v) is 3.83. The molecule has 19 heavy (non-hydrogen) atoms. The summed E-state index contributed by atoms with van der Waals surface area (Å²) in [5.74, 6) is 4.16. The number of methoxy groups -OCH3 is 1. The number of halogens is 1. The maximum Gasteiger partial charge on any atom is 0.384 e. The fourth-order valence-corrected chi connectivity index (χ4v) is 1.65. The lowest BCUT2D eigenvalue weighted by Crippen LogP contribution is -2.01. The first kappa shape index (κ1) is 15.0. The highest BCUT2D eigenvalue weighted by Gasteiger charge is 2.12. The third-order valence-corrected chi connectivity index (χ3v) is 2.50. The molecule has 0 saturated heterocycles. The average molecular weight is 264 g/mol. The molecule has 1 rings (SSSR count). The van der Waals surface area contributed by atoms with Gasteiger partial charge in [-0.05, 0) is 25.5 Å². The van der Waals surface area contributed by atoms with E-state index in [9.17, 15) is 9.18 Å². The van der Waals surface area contributed by atoms with Crippen LogP contribution in [0.2, 0.25) is 0 Å². The molecule has 0 aliphatic carbocycles. The predicted octanol–water partition coefficient (Wildman–Crippen LogP) is 2.70. The summed E-state index contributed by atoms with van der Waals surface area (Å²) < 4.78 is 23.7. The Bertz CT molecular complexity index is 512. The van der Waals surface area contributed by atoms with Crippen LogP contribution in [-0.4, -0.2) is 19.7 Å². The van der Waals surface area contributed by atoms with Crippen LogP contribution < -0.4 is 4.74 Å². The van der Waals surface area contributed by atoms with Crippen molar-refractivity contribution in [3.8, 4) is 17.6 Å². The summed E-state index contributed by atoms with van der Waals surface area (Å²) in [7, 11) is 1.41. The van der Waals surface area contributed by atoms with Crippen molar-refractivity contribution in [3.63, 3.8) is 0 Å². The average Bonchev–Trinajstić information content (AvgIpc) is 2.40. The third kappa shape index (κ3) is 3.99. The van der Waals surface area contributed by atoms with Gasteiger partial charge in [-0.2, -0.15) is 0 Å². The van der Waals surface area contributed by atoms with Crippen LogP contribution in [0.3, 0.4) is 0 Å². The molecule has 0 saturated carbocycles. The Labute approximate surface area is 112 Å². The van der Waals surface area contributed by atoms with Gasteiger partial charge in [-0.25, -0.2) is 9.18 Å². The molecular weight excluding hydrogens is 247 g/mol. The molecule has 4 heteroatoms. The minimum atomic E-state index is -0.610. The minimum Gasteiger partial charge on any atom is -0.494 e. The van der Waals surface area contributed by atoms with Gasteiger partial charge >= 0.3 is 5.97 Å². The Morgan fingerprint density at radius 3 is 2.68 bits per heavy atom. The molecule has 0 heterocycles. The van der Waals surface area contributed by atoms with Crippen molar-refractivity contribution in [3.05, 3.63) is 29.1 Å². The van der Waals surface area contributed by atoms with Gasteiger partial charge in [-0.3, -0.25) is 0 Å². The van der Waals surface area contributed by atoms with Gasteiger partial charge in [-0.1, -0.05) is 19.3 Å². The molecule has 1 aromatic carbocycles. The molecule has 0 aromatic heterocycles. The van der Waals surface area contributed by atoms with E-state index in [1.807, 2.05) is 6.92 Å². The summed E-state index contributed by atoms with van der Waals surface area (Å²) in [5.41, 5.74) is 0.965. The van der Waals surface area contributed by atoms with Gasteiger partial charge in [0.1, 0.15) is 0 Å². The van der Waals surface area contributed by atoms with Gasteiger partial charge in [0.15, 0.2) is 11.6 Å². The monoisotopic (exact) mass is 264 g/mol. The maximum atomic E-state index is 14.1.